The van der Waals surface area contributed by atoms with Gasteiger partial charge in [-0.3, -0.25) is 0 Å². The normalized spacial score (nSPS) is 41.8. The summed E-state index contributed by atoms with van der Waals surface area (Å²) in [6.45, 7) is 1.99. The molecule has 2 heteroatoms. The molecule has 15 heavy (non-hydrogen) atoms. The largest absolute Gasteiger partial charge is 0.389 e. The molecule has 0 aromatic heterocycles. The van der Waals surface area contributed by atoms with Gasteiger partial charge in [0.1, 0.15) is 0 Å². The van der Waals surface area contributed by atoms with Crippen LogP contribution in [0.1, 0.15) is 44.9 Å². The summed E-state index contributed by atoms with van der Waals surface area (Å²) in [5.74, 6) is 2.99. The zero-order valence-corrected chi connectivity index (χ0v) is 9.54. The number of aliphatic hydroxyl groups is 1. The fourth-order valence-corrected chi connectivity index (χ4v) is 3.88. The first-order chi connectivity index (χ1) is 7.25. The van der Waals surface area contributed by atoms with Gasteiger partial charge < -0.3 is 10.4 Å². The molecule has 0 aliphatic heterocycles. The van der Waals surface area contributed by atoms with Gasteiger partial charge in [0, 0.05) is 6.54 Å². The van der Waals surface area contributed by atoms with Crippen LogP contribution in [0.25, 0.3) is 0 Å². The average Bonchev–Trinajstić information content (AvgIpc) is 2.76. The average molecular weight is 209 g/mol. The van der Waals surface area contributed by atoms with Crippen molar-refractivity contribution in [2.24, 2.45) is 17.8 Å². The Labute approximate surface area is 92.4 Å². The van der Waals surface area contributed by atoms with E-state index >= 15 is 0 Å². The second-order valence-corrected chi connectivity index (χ2v) is 6.14. The van der Waals surface area contributed by atoms with Gasteiger partial charge in [-0.2, -0.15) is 0 Å². The second kappa shape index (κ2) is 3.74. The van der Waals surface area contributed by atoms with Crippen LogP contribution in [-0.2, 0) is 0 Å². The molecule has 0 amide bonds. The van der Waals surface area contributed by atoms with Crippen LogP contribution in [0.3, 0.4) is 0 Å². The van der Waals surface area contributed by atoms with Gasteiger partial charge in [-0.05, 0) is 62.8 Å². The summed E-state index contributed by atoms with van der Waals surface area (Å²) >= 11 is 0. The van der Waals surface area contributed by atoms with Crippen molar-refractivity contribution in [1.82, 2.24) is 5.32 Å². The molecular formula is C13H23NO. The first-order valence-corrected chi connectivity index (χ1v) is 6.68. The fraction of sp³-hybridized carbons (Fsp3) is 1.00. The Balaban J connectivity index is 1.39. The van der Waals surface area contributed by atoms with Gasteiger partial charge in [0.25, 0.3) is 0 Å². The molecule has 0 saturated heterocycles. The lowest BCUT2D eigenvalue weighted by Gasteiger charge is -2.37. The molecule has 0 aromatic carbocycles. The quantitative estimate of drug-likeness (QED) is 0.741. The Morgan fingerprint density at radius 2 is 2.07 bits per heavy atom. The molecule has 0 spiro atoms. The summed E-state index contributed by atoms with van der Waals surface area (Å²) in [5.41, 5.74) is -0.336. The van der Waals surface area contributed by atoms with Crippen molar-refractivity contribution in [3.8, 4) is 0 Å². The van der Waals surface area contributed by atoms with Crippen molar-refractivity contribution in [3.63, 3.8) is 0 Å². The third-order valence-electron chi connectivity index (χ3n) is 5.03. The van der Waals surface area contributed by atoms with E-state index in [9.17, 15) is 5.11 Å². The molecule has 3 aliphatic rings. The molecule has 3 unspecified atom stereocenters. The molecule has 3 fully saturated rings. The highest BCUT2D eigenvalue weighted by atomic mass is 16.3. The third kappa shape index (κ3) is 1.94. The van der Waals surface area contributed by atoms with Gasteiger partial charge in [-0.25, -0.2) is 0 Å². The third-order valence-corrected chi connectivity index (χ3v) is 5.03. The highest BCUT2D eigenvalue weighted by Gasteiger charge is 2.39. The number of hydrogen-bond acceptors (Lipinski definition) is 2. The van der Waals surface area contributed by atoms with Crippen LogP contribution >= 0.6 is 0 Å². The van der Waals surface area contributed by atoms with E-state index in [4.69, 9.17) is 0 Å². The lowest BCUT2D eigenvalue weighted by molar-refractivity contribution is -0.0320. The van der Waals surface area contributed by atoms with Crippen LogP contribution in [0, 0.1) is 17.8 Å². The van der Waals surface area contributed by atoms with Gasteiger partial charge >= 0.3 is 0 Å². The standard InChI is InChI=1S/C13H23NO/c15-13(4-1-5-13)9-14-8-12-7-10-2-3-11(12)6-10/h10-12,14-15H,1-9H2. The summed E-state index contributed by atoms with van der Waals surface area (Å²) < 4.78 is 0. The Kier molecular flexibility index (Phi) is 2.52. The number of fused-ring (bicyclic) bond motifs is 2. The molecule has 2 nitrogen and oxygen atoms in total. The van der Waals surface area contributed by atoms with E-state index in [1.807, 2.05) is 0 Å². The van der Waals surface area contributed by atoms with E-state index in [-0.39, 0.29) is 5.60 Å². The van der Waals surface area contributed by atoms with Crippen LogP contribution in [0.4, 0.5) is 0 Å². The number of hydrogen-bond donors (Lipinski definition) is 2. The summed E-state index contributed by atoms with van der Waals surface area (Å²) in [6, 6.07) is 0. The first kappa shape index (κ1) is 10.1. The number of nitrogens with one attached hydrogen (secondary N) is 1. The van der Waals surface area contributed by atoms with E-state index in [1.165, 1.54) is 32.1 Å². The molecule has 0 aromatic rings. The van der Waals surface area contributed by atoms with Crippen LogP contribution in [0.2, 0.25) is 0 Å². The predicted molar refractivity (Wildman–Crippen MR) is 60.6 cm³/mol. The van der Waals surface area contributed by atoms with Gasteiger partial charge in [0.05, 0.1) is 5.60 Å². The summed E-state index contributed by atoms with van der Waals surface area (Å²) in [5, 5.41) is 13.5. The van der Waals surface area contributed by atoms with Crippen molar-refractivity contribution >= 4 is 0 Å². The number of rotatable bonds is 4. The Morgan fingerprint density at radius 3 is 2.60 bits per heavy atom. The van der Waals surface area contributed by atoms with Crippen LogP contribution in [-0.4, -0.2) is 23.8 Å². The van der Waals surface area contributed by atoms with Crippen LogP contribution < -0.4 is 5.32 Å². The minimum Gasteiger partial charge on any atom is -0.389 e. The highest BCUT2D eigenvalue weighted by molar-refractivity contribution is 4.93. The lowest BCUT2D eigenvalue weighted by atomic mass is 9.80. The monoisotopic (exact) mass is 209 g/mol. The molecule has 2 bridgehead atoms. The zero-order valence-electron chi connectivity index (χ0n) is 9.54. The first-order valence-electron chi connectivity index (χ1n) is 6.68. The molecule has 2 N–H and O–H groups in total. The fourth-order valence-electron chi connectivity index (χ4n) is 3.88. The van der Waals surface area contributed by atoms with Crippen molar-refractivity contribution in [3.05, 3.63) is 0 Å². The predicted octanol–water partition coefficient (Wildman–Crippen LogP) is 1.93. The van der Waals surface area contributed by atoms with Crippen molar-refractivity contribution < 1.29 is 5.11 Å². The molecule has 3 atom stereocenters. The van der Waals surface area contributed by atoms with E-state index in [0.717, 1.165) is 43.7 Å². The molecule has 0 heterocycles. The SMILES string of the molecule is OC1(CNCC2CC3CCC2C3)CCC1. The van der Waals surface area contributed by atoms with E-state index < -0.39 is 0 Å². The van der Waals surface area contributed by atoms with Gasteiger partial charge in [-0.1, -0.05) is 6.42 Å². The zero-order chi connectivity index (χ0) is 10.3. The molecule has 0 radical (unpaired) electrons. The van der Waals surface area contributed by atoms with Crippen LogP contribution in [0.15, 0.2) is 0 Å². The lowest BCUT2D eigenvalue weighted by Crippen LogP contribution is -2.47. The maximum Gasteiger partial charge on any atom is 0.0771 e. The Morgan fingerprint density at radius 1 is 1.20 bits per heavy atom. The van der Waals surface area contributed by atoms with Crippen molar-refractivity contribution in [2.45, 2.75) is 50.5 Å². The van der Waals surface area contributed by atoms with Gasteiger partial charge in [0.2, 0.25) is 0 Å². The van der Waals surface area contributed by atoms with E-state index in [1.54, 1.807) is 0 Å². The van der Waals surface area contributed by atoms with Crippen molar-refractivity contribution in [1.29, 1.82) is 0 Å². The van der Waals surface area contributed by atoms with Crippen molar-refractivity contribution in [2.75, 3.05) is 13.1 Å². The topological polar surface area (TPSA) is 32.3 Å². The van der Waals surface area contributed by atoms with Crippen LogP contribution in [0.5, 0.6) is 0 Å². The van der Waals surface area contributed by atoms with Gasteiger partial charge in [0.15, 0.2) is 0 Å². The second-order valence-electron chi connectivity index (χ2n) is 6.14. The Hall–Kier alpha value is -0.0800. The highest BCUT2D eigenvalue weighted by Crippen LogP contribution is 2.48. The Bertz CT molecular complexity index is 237. The minimum atomic E-state index is -0.336. The summed E-state index contributed by atoms with van der Waals surface area (Å²) in [6.07, 6.45) is 9.15. The molecule has 3 saturated carbocycles. The molecule has 3 aliphatic carbocycles. The maximum absolute atomic E-state index is 9.95. The molecule has 86 valence electrons. The molecular weight excluding hydrogens is 186 g/mol. The summed E-state index contributed by atoms with van der Waals surface area (Å²) in [4.78, 5) is 0. The minimum absolute atomic E-state index is 0.336. The molecule has 3 rings (SSSR count). The van der Waals surface area contributed by atoms with Gasteiger partial charge in [-0.15, -0.1) is 0 Å². The maximum atomic E-state index is 9.95. The smallest absolute Gasteiger partial charge is 0.0771 e. The summed E-state index contributed by atoms with van der Waals surface area (Å²) in [7, 11) is 0. The van der Waals surface area contributed by atoms with E-state index in [2.05, 4.69) is 5.32 Å². The van der Waals surface area contributed by atoms with E-state index in [0.29, 0.717) is 0 Å².